The molecular formula is C14H16N2O. The fourth-order valence-corrected chi connectivity index (χ4v) is 1.48. The zero-order valence-electron chi connectivity index (χ0n) is 10.1. The van der Waals surface area contributed by atoms with Gasteiger partial charge in [-0.2, -0.15) is 0 Å². The van der Waals surface area contributed by atoms with Gasteiger partial charge in [0.1, 0.15) is 11.5 Å². The normalized spacial score (nSPS) is 12.1. The smallest absolute Gasteiger partial charge is 0.145 e. The van der Waals surface area contributed by atoms with Gasteiger partial charge in [-0.05, 0) is 38.2 Å². The second-order valence-corrected chi connectivity index (χ2v) is 3.84. The van der Waals surface area contributed by atoms with Crippen LogP contribution in [0, 0.1) is 0 Å². The van der Waals surface area contributed by atoms with E-state index >= 15 is 0 Å². The number of hydrogen-bond donors (Lipinski definition) is 1. The summed E-state index contributed by atoms with van der Waals surface area (Å²) in [4.78, 5) is 4.36. The molecule has 2 aromatic rings. The Morgan fingerprint density at radius 1 is 1.06 bits per heavy atom. The van der Waals surface area contributed by atoms with Crippen LogP contribution >= 0.6 is 0 Å². The molecule has 0 amide bonds. The summed E-state index contributed by atoms with van der Waals surface area (Å²) in [6.45, 7) is 2.07. The minimum absolute atomic E-state index is 0.251. The zero-order chi connectivity index (χ0) is 12.1. The number of para-hydroxylation sites is 1. The van der Waals surface area contributed by atoms with Gasteiger partial charge in [0, 0.05) is 6.04 Å². The number of benzene rings is 1. The maximum absolute atomic E-state index is 5.66. The molecule has 1 aromatic carbocycles. The van der Waals surface area contributed by atoms with Crippen molar-refractivity contribution in [3.63, 3.8) is 0 Å². The molecule has 1 atom stereocenters. The summed E-state index contributed by atoms with van der Waals surface area (Å²) in [7, 11) is 1.92. The van der Waals surface area contributed by atoms with Gasteiger partial charge >= 0.3 is 0 Å². The second-order valence-electron chi connectivity index (χ2n) is 3.84. The van der Waals surface area contributed by atoms with E-state index in [2.05, 4.69) is 17.2 Å². The Balaban J connectivity index is 2.08. The standard InChI is InChI=1S/C14H16N2O/c1-11(15-2)14-9-8-13(10-16-14)17-12-6-4-3-5-7-12/h3-11,15H,1-2H3. The van der Waals surface area contributed by atoms with Crippen LogP contribution in [0.1, 0.15) is 18.7 Å². The summed E-state index contributed by atoms with van der Waals surface area (Å²) in [6.07, 6.45) is 1.75. The number of pyridine rings is 1. The number of rotatable bonds is 4. The molecule has 1 heterocycles. The Morgan fingerprint density at radius 3 is 2.41 bits per heavy atom. The van der Waals surface area contributed by atoms with E-state index in [-0.39, 0.29) is 6.04 Å². The fourth-order valence-electron chi connectivity index (χ4n) is 1.48. The third kappa shape index (κ3) is 3.04. The van der Waals surface area contributed by atoms with Gasteiger partial charge in [-0.25, -0.2) is 0 Å². The second kappa shape index (κ2) is 5.46. The molecule has 17 heavy (non-hydrogen) atoms. The third-order valence-electron chi connectivity index (χ3n) is 2.61. The number of ether oxygens (including phenoxy) is 1. The van der Waals surface area contributed by atoms with Gasteiger partial charge in [-0.1, -0.05) is 18.2 Å². The average Bonchev–Trinajstić information content (AvgIpc) is 2.40. The van der Waals surface area contributed by atoms with Crippen molar-refractivity contribution in [1.82, 2.24) is 10.3 Å². The quantitative estimate of drug-likeness (QED) is 0.872. The first-order chi connectivity index (χ1) is 8.29. The van der Waals surface area contributed by atoms with Crippen LogP contribution in [0.2, 0.25) is 0 Å². The highest BCUT2D eigenvalue weighted by Gasteiger charge is 2.04. The molecule has 0 spiro atoms. The molecule has 3 heteroatoms. The molecular weight excluding hydrogens is 212 g/mol. The lowest BCUT2D eigenvalue weighted by molar-refractivity contribution is 0.478. The predicted octanol–water partition coefficient (Wildman–Crippen LogP) is 3.15. The summed E-state index contributed by atoms with van der Waals surface area (Å²) < 4.78 is 5.66. The topological polar surface area (TPSA) is 34.1 Å². The number of hydrogen-bond acceptors (Lipinski definition) is 3. The van der Waals surface area contributed by atoms with Gasteiger partial charge < -0.3 is 10.1 Å². The van der Waals surface area contributed by atoms with Crippen molar-refractivity contribution < 1.29 is 4.74 Å². The first kappa shape index (κ1) is 11.6. The van der Waals surface area contributed by atoms with Crippen LogP contribution in [0.5, 0.6) is 11.5 Å². The molecule has 0 saturated heterocycles. The first-order valence-electron chi connectivity index (χ1n) is 5.65. The number of aromatic nitrogens is 1. The Morgan fingerprint density at radius 2 is 1.82 bits per heavy atom. The summed E-state index contributed by atoms with van der Waals surface area (Å²) in [5.74, 6) is 1.58. The van der Waals surface area contributed by atoms with Gasteiger partial charge in [0.2, 0.25) is 0 Å². The largest absolute Gasteiger partial charge is 0.456 e. The van der Waals surface area contributed by atoms with E-state index in [4.69, 9.17) is 4.74 Å². The van der Waals surface area contributed by atoms with E-state index in [0.717, 1.165) is 17.2 Å². The Kier molecular flexibility index (Phi) is 3.73. The fraction of sp³-hybridized carbons (Fsp3) is 0.214. The van der Waals surface area contributed by atoms with Gasteiger partial charge in [-0.15, -0.1) is 0 Å². The monoisotopic (exact) mass is 228 g/mol. The van der Waals surface area contributed by atoms with Crippen LogP contribution < -0.4 is 10.1 Å². The molecule has 0 aliphatic carbocycles. The van der Waals surface area contributed by atoms with Crippen molar-refractivity contribution in [2.24, 2.45) is 0 Å². The zero-order valence-corrected chi connectivity index (χ0v) is 10.1. The van der Waals surface area contributed by atoms with Crippen LogP contribution in [-0.4, -0.2) is 12.0 Å². The summed E-state index contributed by atoms with van der Waals surface area (Å²) >= 11 is 0. The maximum Gasteiger partial charge on any atom is 0.145 e. The van der Waals surface area contributed by atoms with Crippen molar-refractivity contribution in [1.29, 1.82) is 0 Å². The highest BCUT2D eigenvalue weighted by Crippen LogP contribution is 2.21. The molecule has 0 fully saturated rings. The van der Waals surface area contributed by atoms with E-state index in [1.165, 1.54) is 0 Å². The summed E-state index contributed by atoms with van der Waals surface area (Å²) in [5, 5.41) is 3.15. The van der Waals surface area contributed by atoms with Gasteiger partial charge in [-0.3, -0.25) is 4.98 Å². The molecule has 0 bridgehead atoms. The molecule has 1 N–H and O–H groups in total. The van der Waals surface area contributed by atoms with E-state index < -0.39 is 0 Å². The molecule has 1 aromatic heterocycles. The molecule has 2 rings (SSSR count). The van der Waals surface area contributed by atoms with E-state index in [1.807, 2.05) is 49.5 Å². The van der Waals surface area contributed by atoms with Crippen molar-refractivity contribution in [2.75, 3.05) is 7.05 Å². The Bertz CT molecular complexity index is 453. The Labute approximate surface area is 101 Å². The van der Waals surface area contributed by atoms with Crippen LogP contribution in [-0.2, 0) is 0 Å². The lowest BCUT2D eigenvalue weighted by Gasteiger charge is -2.10. The number of nitrogens with one attached hydrogen (secondary N) is 1. The van der Waals surface area contributed by atoms with E-state index in [1.54, 1.807) is 6.20 Å². The van der Waals surface area contributed by atoms with Crippen LogP contribution in [0.25, 0.3) is 0 Å². The third-order valence-corrected chi connectivity index (χ3v) is 2.61. The van der Waals surface area contributed by atoms with Gasteiger partial charge in [0.25, 0.3) is 0 Å². The number of nitrogens with zero attached hydrogens (tertiary/aromatic N) is 1. The van der Waals surface area contributed by atoms with Crippen molar-refractivity contribution in [2.45, 2.75) is 13.0 Å². The van der Waals surface area contributed by atoms with Crippen LogP contribution in [0.4, 0.5) is 0 Å². The average molecular weight is 228 g/mol. The highest BCUT2D eigenvalue weighted by molar-refractivity contribution is 5.29. The SMILES string of the molecule is CNC(C)c1ccc(Oc2ccccc2)cn1. The maximum atomic E-state index is 5.66. The summed E-state index contributed by atoms with van der Waals surface area (Å²) in [6, 6.07) is 13.8. The van der Waals surface area contributed by atoms with Crippen LogP contribution in [0.3, 0.4) is 0 Å². The highest BCUT2D eigenvalue weighted by atomic mass is 16.5. The lowest BCUT2D eigenvalue weighted by Crippen LogP contribution is -2.13. The van der Waals surface area contributed by atoms with E-state index in [0.29, 0.717) is 0 Å². The molecule has 88 valence electrons. The lowest BCUT2D eigenvalue weighted by atomic mass is 10.2. The molecule has 1 unspecified atom stereocenters. The van der Waals surface area contributed by atoms with Crippen molar-refractivity contribution in [3.05, 3.63) is 54.4 Å². The van der Waals surface area contributed by atoms with Crippen molar-refractivity contribution >= 4 is 0 Å². The minimum atomic E-state index is 0.251. The molecule has 0 aliphatic heterocycles. The van der Waals surface area contributed by atoms with E-state index in [9.17, 15) is 0 Å². The van der Waals surface area contributed by atoms with Gasteiger partial charge in [0.15, 0.2) is 0 Å². The first-order valence-corrected chi connectivity index (χ1v) is 5.65. The van der Waals surface area contributed by atoms with Crippen molar-refractivity contribution in [3.8, 4) is 11.5 Å². The molecule has 0 radical (unpaired) electrons. The molecule has 0 saturated carbocycles. The van der Waals surface area contributed by atoms with Crippen LogP contribution in [0.15, 0.2) is 48.7 Å². The predicted molar refractivity (Wildman–Crippen MR) is 68.2 cm³/mol. The molecule has 3 nitrogen and oxygen atoms in total. The minimum Gasteiger partial charge on any atom is -0.456 e. The summed E-state index contributed by atoms with van der Waals surface area (Å²) in [5.41, 5.74) is 1.01. The molecule has 0 aliphatic rings. The Hall–Kier alpha value is -1.87. The van der Waals surface area contributed by atoms with Gasteiger partial charge in [0.05, 0.1) is 11.9 Å².